The van der Waals surface area contributed by atoms with E-state index in [1.807, 2.05) is 0 Å². The Hall–Kier alpha value is -2.96. The van der Waals surface area contributed by atoms with Crippen LogP contribution in [0.5, 0.6) is 0 Å². The van der Waals surface area contributed by atoms with E-state index in [-0.39, 0.29) is 33.4 Å². The summed E-state index contributed by atoms with van der Waals surface area (Å²) in [5.41, 5.74) is 0.164. The van der Waals surface area contributed by atoms with Crippen LogP contribution in [0.3, 0.4) is 0 Å². The maximum absolute atomic E-state index is 12.3. The van der Waals surface area contributed by atoms with Crippen molar-refractivity contribution in [1.29, 1.82) is 0 Å². The van der Waals surface area contributed by atoms with Gasteiger partial charge < -0.3 is 0 Å². The first-order chi connectivity index (χ1) is 17.2. The van der Waals surface area contributed by atoms with Gasteiger partial charge in [0, 0.05) is 16.7 Å². The molecule has 9 nitrogen and oxygen atoms in total. The molecule has 37 heavy (non-hydrogen) atoms. The molecular formula is C24H19O9PS3. The molecule has 0 aliphatic heterocycles. The van der Waals surface area contributed by atoms with E-state index in [0.29, 0.717) is 5.30 Å². The molecule has 0 amide bonds. The molecule has 0 spiro atoms. The van der Waals surface area contributed by atoms with Crippen LogP contribution >= 0.6 is 9.24 Å². The van der Waals surface area contributed by atoms with Gasteiger partial charge >= 0.3 is 0 Å². The Labute approximate surface area is 216 Å². The highest BCUT2D eigenvalue weighted by atomic mass is 32.2. The van der Waals surface area contributed by atoms with E-state index in [9.17, 15) is 38.9 Å². The molecule has 0 radical (unpaired) electrons. The van der Waals surface area contributed by atoms with Crippen molar-refractivity contribution in [3.8, 4) is 33.4 Å². The van der Waals surface area contributed by atoms with Crippen LogP contribution in [0.25, 0.3) is 33.4 Å². The van der Waals surface area contributed by atoms with E-state index in [1.54, 1.807) is 0 Å². The Kier molecular flexibility index (Phi) is 7.12. The molecule has 0 aliphatic carbocycles. The molecule has 3 N–H and O–H groups in total. The van der Waals surface area contributed by atoms with Crippen molar-refractivity contribution in [3.63, 3.8) is 0 Å². The predicted molar refractivity (Wildman–Crippen MR) is 142 cm³/mol. The van der Waals surface area contributed by atoms with Crippen LogP contribution < -0.4 is 5.30 Å². The van der Waals surface area contributed by atoms with Gasteiger partial charge in [-0.3, -0.25) is 13.7 Å². The van der Waals surface area contributed by atoms with Crippen molar-refractivity contribution in [3.05, 3.63) is 84.9 Å². The van der Waals surface area contributed by atoms with E-state index in [4.69, 9.17) is 0 Å². The van der Waals surface area contributed by atoms with Gasteiger partial charge in [0.2, 0.25) is 0 Å². The molecule has 0 aliphatic rings. The third kappa shape index (κ3) is 5.36. The maximum atomic E-state index is 12.3. The summed E-state index contributed by atoms with van der Waals surface area (Å²) in [4.78, 5) is -1.49. The van der Waals surface area contributed by atoms with E-state index >= 15 is 0 Å². The van der Waals surface area contributed by atoms with Crippen LogP contribution in [0.2, 0.25) is 0 Å². The largest absolute Gasteiger partial charge is 0.295 e. The summed E-state index contributed by atoms with van der Waals surface area (Å²) < 4.78 is 103. The lowest BCUT2D eigenvalue weighted by Crippen LogP contribution is -2.10. The monoisotopic (exact) mass is 578 g/mol. The molecule has 4 aromatic carbocycles. The van der Waals surface area contributed by atoms with Gasteiger partial charge in [0.25, 0.3) is 30.4 Å². The lowest BCUT2D eigenvalue weighted by molar-refractivity contribution is 0.481. The first-order valence-corrected chi connectivity index (χ1v) is 15.2. The van der Waals surface area contributed by atoms with E-state index in [0.717, 1.165) is 18.2 Å². The Balaban J connectivity index is 2.30. The minimum Gasteiger partial charge on any atom is -0.282 e. The fourth-order valence-corrected chi connectivity index (χ4v) is 6.62. The van der Waals surface area contributed by atoms with Crippen molar-refractivity contribution in [2.75, 3.05) is 0 Å². The van der Waals surface area contributed by atoms with Crippen molar-refractivity contribution in [2.45, 2.75) is 14.7 Å². The molecule has 0 saturated carbocycles. The summed E-state index contributed by atoms with van der Waals surface area (Å²) in [6, 6.07) is 19.2. The van der Waals surface area contributed by atoms with Crippen LogP contribution in [-0.2, 0) is 30.4 Å². The molecule has 192 valence electrons. The average Bonchev–Trinajstić information content (AvgIpc) is 2.82. The quantitative estimate of drug-likeness (QED) is 0.227. The molecule has 0 bridgehead atoms. The molecule has 0 heterocycles. The lowest BCUT2D eigenvalue weighted by Gasteiger charge is -2.22. The van der Waals surface area contributed by atoms with E-state index in [2.05, 4.69) is 9.24 Å². The van der Waals surface area contributed by atoms with Crippen molar-refractivity contribution >= 4 is 44.9 Å². The van der Waals surface area contributed by atoms with Gasteiger partial charge in [-0.25, -0.2) is 0 Å². The molecular weight excluding hydrogens is 559 g/mol. The van der Waals surface area contributed by atoms with Gasteiger partial charge in [-0.1, -0.05) is 66.7 Å². The molecule has 1 unspecified atom stereocenters. The number of benzene rings is 4. The average molecular weight is 579 g/mol. The second kappa shape index (κ2) is 9.73. The van der Waals surface area contributed by atoms with Gasteiger partial charge in [-0.15, -0.1) is 9.24 Å². The normalized spacial score (nSPS) is 12.4. The van der Waals surface area contributed by atoms with Crippen molar-refractivity contribution < 1.29 is 38.9 Å². The smallest absolute Gasteiger partial charge is 0.282 e. The molecule has 1 atom stereocenters. The molecule has 4 rings (SSSR count). The highest BCUT2D eigenvalue weighted by Gasteiger charge is 2.28. The third-order valence-corrected chi connectivity index (χ3v) is 8.78. The molecule has 0 aromatic heterocycles. The van der Waals surface area contributed by atoms with Crippen molar-refractivity contribution in [2.24, 2.45) is 0 Å². The van der Waals surface area contributed by atoms with E-state index in [1.165, 1.54) is 66.7 Å². The number of hydrogen-bond donors (Lipinski definition) is 3. The second-order valence-electron chi connectivity index (χ2n) is 7.87. The highest BCUT2D eigenvalue weighted by molar-refractivity contribution is 7.86. The number of rotatable bonds is 6. The summed E-state index contributed by atoms with van der Waals surface area (Å²) in [6.45, 7) is 0. The topological polar surface area (TPSA) is 163 Å². The van der Waals surface area contributed by atoms with Gasteiger partial charge in [0.1, 0.15) is 14.7 Å². The van der Waals surface area contributed by atoms with Gasteiger partial charge in [0.05, 0.1) is 0 Å². The molecule has 0 fully saturated rings. The molecule has 0 saturated heterocycles. The number of hydrogen-bond acceptors (Lipinski definition) is 6. The second-order valence-corrected chi connectivity index (χ2v) is 12.7. The summed E-state index contributed by atoms with van der Waals surface area (Å²) >= 11 is 0. The van der Waals surface area contributed by atoms with Crippen LogP contribution in [0, 0.1) is 0 Å². The lowest BCUT2D eigenvalue weighted by atomic mass is 9.87. The van der Waals surface area contributed by atoms with Crippen LogP contribution in [0.1, 0.15) is 0 Å². The molecule has 4 aromatic rings. The summed E-state index contributed by atoms with van der Waals surface area (Å²) in [5.74, 6) is 0. The van der Waals surface area contributed by atoms with Crippen LogP contribution in [-0.4, -0.2) is 38.9 Å². The minimum atomic E-state index is -4.81. The van der Waals surface area contributed by atoms with Gasteiger partial charge in [-0.05, 0) is 40.2 Å². The highest BCUT2D eigenvalue weighted by Crippen LogP contribution is 2.45. The SMILES string of the molecule is O=S(=O)(O)c1ccccc1-c1ccc(P)c(-c2ccccc2S(=O)(=O)O)c1-c1ccccc1S(=O)(=O)O. The zero-order chi connectivity index (χ0) is 27.2. The van der Waals surface area contributed by atoms with Gasteiger partial charge in [0.15, 0.2) is 0 Å². The Morgan fingerprint density at radius 3 is 1.22 bits per heavy atom. The van der Waals surface area contributed by atoms with Gasteiger partial charge in [-0.2, -0.15) is 25.3 Å². The zero-order valence-electron chi connectivity index (χ0n) is 18.7. The minimum absolute atomic E-state index is 0.0127. The Morgan fingerprint density at radius 2 is 0.784 bits per heavy atom. The Bertz CT molecular complexity index is 1870. The standard InChI is InChI=1S/C24H19O9PS3/c25-35(26,27)20-10-4-1-7-15(20)16-13-14-19(34)24(18-9-3-6-12-22(18)37(31,32)33)23(16)17-8-2-5-11-21(17)36(28,29)30/h1-14H,34H2,(H,25,26,27)(H,28,29,30)(H,31,32,33). The van der Waals surface area contributed by atoms with Crippen LogP contribution in [0.15, 0.2) is 99.6 Å². The van der Waals surface area contributed by atoms with Crippen LogP contribution in [0.4, 0.5) is 0 Å². The summed E-state index contributed by atoms with van der Waals surface area (Å²) in [5, 5.41) is 0.365. The van der Waals surface area contributed by atoms with Crippen molar-refractivity contribution in [1.82, 2.24) is 0 Å². The summed E-state index contributed by atoms with van der Waals surface area (Å²) in [7, 11) is -11.9. The third-order valence-electron chi connectivity index (χ3n) is 5.56. The first kappa shape index (κ1) is 27.1. The summed E-state index contributed by atoms with van der Waals surface area (Å²) in [6.07, 6.45) is 0. The maximum Gasteiger partial charge on any atom is 0.295 e. The van der Waals surface area contributed by atoms with E-state index < -0.39 is 45.0 Å². The fourth-order valence-electron chi connectivity index (χ4n) is 4.12. The Morgan fingerprint density at radius 1 is 0.432 bits per heavy atom. The molecule has 13 heteroatoms. The zero-order valence-corrected chi connectivity index (χ0v) is 22.3. The fraction of sp³-hybridized carbons (Fsp3) is 0. The predicted octanol–water partition coefficient (Wildman–Crippen LogP) is 3.93. The first-order valence-electron chi connectivity index (χ1n) is 10.3.